The Bertz CT molecular complexity index is 627. The SMILES string of the molecule is CCCc1c(C(=O)O)nnn1-c1cc(Br)ccc1Cl. The van der Waals surface area contributed by atoms with Crippen molar-refractivity contribution < 1.29 is 9.90 Å². The third-order valence-electron chi connectivity index (χ3n) is 2.59. The van der Waals surface area contributed by atoms with E-state index in [1.807, 2.05) is 6.92 Å². The number of aromatic carboxylic acids is 1. The molecule has 0 spiro atoms. The molecule has 0 radical (unpaired) electrons. The fourth-order valence-corrected chi connectivity index (χ4v) is 2.32. The second-order valence-corrected chi connectivity index (χ2v) is 5.27. The third-order valence-corrected chi connectivity index (χ3v) is 3.40. The zero-order valence-electron chi connectivity index (χ0n) is 10.1. The summed E-state index contributed by atoms with van der Waals surface area (Å²) in [7, 11) is 0. The van der Waals surface area contributed by atoms with Gasteiger partial charge in [-0.3, -0.25) is 0 Å². The van der Waals surface area contributed by atoms with Crippen molar-refractivity contribution in [3.05, 3.63) is 39.1 Å². The molecule has 0 amide bonds. The number of carboxylic acids is 1. The van der Waals surface area contributed by atoms with E-state index >= 15 is 0 Å². The van der Waals surface area contributed by atoms with E-state index < -0.39 is 5.97 Å². The number of benzene rings is 1. The molecule has 0 bridgehead atoms. The van der Waals surface area contributed by atoms with Crippen molar-refractivity contribution in [2.45, 2.75) is 19.8 Å². The van der Waals surface area contributed by atoms with E-state index in [0.717, 1.165) is 10.9 Å². The van der Waals surface area contributed by atoms with E-state index in [4.69, 9.17) is 16.7 Å². The lowest BCUT2D eigenvalue weighted by Gasteiger charge is -2.08. The molecule has 100 valence electrons. The maximum atomic E-state index is 11.1. The van der Waals surface area contributed by atoms with Gasteiger partial charge in [-0.05, 0) is 24.6 Å². The van der Waals surface area contributed by atoms with Crippen LogP contribution in [0.5, 0.6) is 0 Å². The summed E-state index contributed by atoms with van der Waals surface area (Å²) >= 11 is 9.49. The van der Waals surface area contributed by atoms with Crippen LogP contribution in [0.15, 0.2) is 22.7 Å². The number of hydrogen-bond acceptors (Lipinski definition) is 3. The van der Waals surface area contributed by atoms with Gasteiger partial charge < -0.3 is 5.11 Å². The van der Waals surface area contributed by atoms with Gasteiger partial charge in [0.15, 0.2) is 5.69 Å². The highest BCUT2D eigenvalue weighted by atomic mass is 79.9. The highest BCUT2D eigenvalue weighted by molar-refractivity contribution is 9.10. The van der Waals surface area contributed by atoms with Crippen molar-refractivity contribution in [2.24, 2.45) is 0 Å². The van der Waals surface area contributed by atoms with Crippen molar-refractivity contribution in [3.8, 4) is 5.69 Å². The summed E-state index contributed by atoms with van der Waals surface area (Å²) in [6.45, 7) is 1.96. The predicted octanol–water partition coefficient (Wildman–Crippen LogP) is 3.33. The average Bonchev–Trinajstić information content (AvgIpc) is 2.76. The zero-order valence-corrected chi connectivity index (χ0v) is 12.4. The lowest BCUT2D eigenvalue weighted by atomic mass is 10.2. The van der Waals surface area contributed by atoms with Gasteiger partial charge in [0.1, 0.15) is 0 Å². The first-order valence-electron chi connectivity index (χ1n) is 5.68. The van der Waals surface area contributed by atoms with Crippen LogP contribution in [0.4, 0.5) is 0 Å². The summed E-state index contributed by atoms with van der Waals surface area (Å²) in [4.78, 5) is 11.1. The lowest BCUT2D eigenvalue weighted by Crippen LogP contribution is -2.07. The number of hydrogen-bond donors (Lipinski definition) is 1. The Labute approximate surface area is 123 Å². The van der Waals surface area contributed by atoms with Crippen LogP contribution >= 0.6 is 27.5 Å². The Morgan fingerprint density at radius 3 is 2.89 bits per heavy atom. The average molecular weight is 345 g/mol. The van der Waals surface area contributed by atoms with Gasteiger partial charge in [-0.1, -0.05) is 46.1 Å². The molecule has 0 saturated carbocycles. The summed E-state index contributed by atoms with van der Waals surface area (Å²) in [6.07, 6.45) is 1.36. The molecule has 0 fully saturated rings. The first-order valence-corrected chi connectivity index (χ1v) is 6.85. The van der Waals surface area contributed by atoms with Crippen molar-refractivity contribution in [1.29, 1.82) is 0 Å². The molecule has 19 heavy (non-hydrogen) atoms. The van der Waals surface area contributed by atoms with Crippen molar-refractivity contribution in [2.75, 3.05) is 0 Å². The van der Waals surface area contributed by atoms with Gasteiger partial charge in [0, 0.05) is 4.47 Å². The molecular formula is C12H11BrClN3O2. The Morgan fingerprint density at radius 2 is 2.26 bits per heavy atom. The fourth-order valence-electron chi connectivity index (χ4n) is 1.77. The van der Waals surface area contributed by atoms with Gasteiger partial charge in [-0.15, -0.1) is 5.10 Å². The lowest BCUT2D eigenvalue weighted by molar-refractivity contribution is 0.0689. The quantitative estimate of drug-likeness (QED) is 0.923. The number of aromatic nitrogens is 3. The molecule has 7 heteroatoms. The van der Waals surface area contributed by atoms with E-state index in [9.17, 15) is 4.79 Å². The van der Waals surface area contributed by atoms with E-state index in [-0.39, 0.29) is 5.69 Å². The number of halogens is 2. The number of rotatable bonds is 4. The van der Waals surface area contributed by atoms with Crippen LogP contribution in [-0.4, -0.2) is 26.1 Å². The van der Waals surface area contributed by atoms with E-state index in [1.54, 1.807) is 18.2 Å². The van der Waals surface area contributed by atoms with E-state index in [0.29, 0.717) is 22.8 Å². The first kappa shape index (κ1) is 14.0. The molecule has 0 saturated heterocycles. The molecule has 2 rings (SSSR count). The molecule has 5 nitrogen and oxygen atoms in total. The Balaban J connectivity index is 2.61. The topological polar surface area (TPSA) is 68.0 Å². The number of carboxylic acid groups (broad SMARTS) is 1. The van der Waals surface area contributed by atoms with Gasteiger partial charge in [0.05, 0.1) is 16.4 Å². The third kappa shape index (κ3) is 2.79. The molecule has 0 atom stereocenters. The smallest absolute Gasteiger partial charge is 0.358 e. The second kappa shape index (κ2) is 5.71. The molecule has 0 aliphatic heterocycles. The summed E-state index contributed by atoms with van der Waals surface area (Å²) in [6, 6.07) is 5.31. The monoisotopic (exact) mass is 343 g/mol. The molecule has 0 unspecified atom stereocenters. The summed E-state index contributed by atoms with van der Waals surface area (Å²) < 4.78 is 2.32. The molecule has 0 aliphatic carbocycles. The summed E-state index contributed by atoms with van der Waals surface area (Å²) in [5, 5.41) is 17.2. The molecule has 1 N–H and O–H groups in total. The number of nitrogens with zero attached hydrogens (tertiary/aromatic N) is 3. The second-order valence-electron chi connectivity index (χ2n) is 3.95. The van der Waals surface area contributed by atoms with Crippen LogP contribution in [0.25, 0.3) is 5.69 Å². The van der Waals surface area contributed by atoms with Crippen LogP contribution < -0.4 is 0 Å². The van der Waals surface area contributed by atoms with Gasteiger partial charge in [-0.25, -0.2) is 9.48 Å². The van der Waals surface area contributed by atoms with Crippen molar-refractivity contribution >= 4 is 33.5 Å². The first-order chi connectivity index (χ1) is 9.04. The minimum absolute atomic E-state index is 0.0297. The van der Waals surface area contributed by atoms with Crippen LogP contribution in [-0.2, 0) is 6.42 Å². The molecule has 1 heterocycles. The van der Waals surface area contributed by atoms with E-state index in [1.165, 1.54) is 4.68 Å². The maximum Gasteiger partial charge on any atom is 0.358 e. The van der Waals surface area contributed by atoms with Gasteiger partial charge in [0.2, 0.25) is 0 Å². The van der Waals surface area contributed by atoms with Crippen LogP contribution in [0.1, 0.15) is 29.5 Å². The zero-order chi connectivity index (χ0) is 14.0. The van der Waals surface area contributed by atoms with Crippen molar-refractivity contribution in [3.63, 3.8) is 0 Å². The molecule has 1 aromatic heterocycles. The number of carbonyl (C=O) groups is 1. The highest BCUT2D eigenvalue weighted by Crippen LogP contribution is 2.26. The molecule has 1 aromatic carbocycles. The Hall–Kier alpha value is -1.40. The van der Waals surface area contributed by atoms with Gasteiger partial charge >= 0.3 is 5.97 Å². The molecule has 2 aromatic rings. The minimum atomic E-state index is -1.08. The largest absolute Gasteiger partial charge is 0.476 e. The van der Waals surface area contributed by atoms with Gasteiger partial charge in [0.25, 0.3) is 0 Å². The maximum absolute atomic E-state index is 11.1. The van der Waals surface area contributed by atoms with E-state index in [2.05, 4.69) is 26.2 Å². The Morgan fingerprint density at radius 1 is 1.53 bits per heavy atom. The van der Waals surface area contributed by atoms with Crippen LogP contribution in [0.2, 0.25) is 5.02 Å². The summed E-state index contributed by atoms with van der Waals surface area (Å²) in [5.74, 6) is -1.08. The van der Waals surface area contributed by atoms with Crippen molar-refractivity contribution in [1.82, 2.24) is 15.0 Å². The normalized spacial score (nSPS) is 10.7. The predicted molar refractivity (Wildman–Crippen MR) is 75.0 cm³/mol. The molecule has 0 aliphatic rings. The minimum Gasteiger partial charge on any atom is -0.476 e. The standard InChI is InChI=1S/C12H11BrClN3O2/c1-2-3-9-11(12(18)19)15-16-17(9)10-6-7(13)4-5-8(10)14/h4-6H,2-3H2,1H3,(H,18,19). The van der Waals surface area contributed by atoms with Gasteiger partial charge in [-0.2, -0.15) is 0 Å². The highest BCUT2D eigenvalue weighted by Gasteiger charge is 2.20. The fraction of sp³-hybridized carbons (Fsp3) is 0.250. The summed E-state index contributed by atoms with van der Waals surface area (Å²) in [5.41, 5.74) is 1.13. The molecular weight excluding hydrogens is 334 g/mol. The van der Waals surface area contributed by atoms with Crippen LogP contribution in [0, 0.1) is 0 Å². The van der Waals surface area contributed by atoms with Crippen LogP contribution in [0.3, 0.4) is 0 Å². The Kier molecular flexibility index (Phi) is 4.21.